The van der Waals surface area contributed by atoms with E-state index in [0.717, 1.165) is 0 Å². The molecule has 82 valence electrons. The molecule has 1 heterocycles. The summed E-state index contributed by atoms with van der Waals surface area (Å²) >= 11 is 0. The molecule has 0 saturated carbocycles. The summed E-state index contributed by atoms with van der Waals surface area (Å²) < 4.78 is 41.8. The van der Waals surface area contributed by atoms with Crippen molar-refractivity contribution in [3.05, 3.63) is 29.3 Å². The monoisotopic (exact) mass is 218 g/mol. The zero-order chi connectivity index (χ0) is 11.1. The number of aliphatic hydroxyl groups excluding tert-OH is 1. The third-order valence-electron chi connectivity index (χ3n) is 2.35. The number of fused-ring (bicyclic) bond motifs is 1. The minimum atomic E-state index is -4.33. The van der Waals surface area contributed by atoms with Crippen LogP contribution in [0.4, 0.5) is 13.2 Å². The lowest BCUT2D eigenvalue weighted by molar-refractivity contribution is -0.189. The molecule has 5 heteroatoms. The number of hydrogen-bond acceptors (Lipinski definition) is 2. The van der Waals surface area contributed by atoms with E-state index >= 15 is 0 Å². The van der Waals surface area contributed by atoms with Crippen molar-refractivity contribution in [3.63, 3.8) is 0 Å². The molecule has 2 rings (SSSR count). The topological polar surface area (TPSA) is 29.5 Å². The van der Waals surface area contributed by atoms with Crippen molar-refractivity contribution in [1.82, 2.24) is 0 Å². The van der Waals surface area contributed by atoms with Gasteiger partial charge in [0.05, 0.1) is 6.61 Å². The van der Waals surface area contributed by atoms with E-state index in [1.54, 1.807) is 12.1 Å². The molecule has 0 radical (unpaired) electrons. The summed E-state index contributed by atoms with van der Waals surface area (Å²) in [4.78, 5) is 0. The van der Waals surface area contributed by atoms with Crippen LogP contribution in [0.15, 0.2) is 18.2 Å². The van der Waals surface area contributed by atoms with Gasteiger partial charge in [-0.2, -0.15) is 13.2 Å². The van der Waals surface area contributed by atoms with Crippen LogP contribution >= 0.6 is 0 Å². The summed E-state index contributed by atoms with van der Waals surface area (Å²) in [5, 5.41) is 8.83. The molecule has 0 aromatic heterocycles. The largest absolute Gasteiger partial charge is 0.480 e. The minimum Gasteiger partial charge on any atom is -0.480 e. The zero-order valence-corrected chi connectivity index (χ0v) is 7.71. The molecule has 1 aromatic rings. The molecule has 1 atom stereocenters. The Labute approximate surface area is 84.3 Å². The Kier molecular flexibility index (Phi) is 2.34. The maximum absolute atomic E-state index is 12.3. The highest BCUT2D eigenvalue weighted by atomic mass is 19.4. The van der Waals surface area contributed by atoms with Crippen molar-refractivity contribution in [2.45, 2.75) is 25.3 Å². The summed E-state index contributed by atoms with van der Waals surface area (Å²) in [7, 11) is 0. The van der Waals surface area contributed by atoms with Gasteiger partial charge in [0.1, 0.15) is 5.75 Å². The predicted molar refractivity (Wildman–Crippen MR) is 46.5 cm³/mol. The van der Waals surface area contributed by atoms with Crippen molar-refractivity contribution in [2.24, 2.45) is 0 Å². The molecule has 0 bridgehead atoms. The molecular weight excluding hydrogens is 209 g/mol. The second-order valence-corrected chi connectivity index (χ2v) is 3.45. The van der Waals surface area contributed by atoms with Gasteiger partial charge in [0, 0.05) is 6.42 Å². The van der Waals surface area contributed by atoms with Gasteiger partial charge in [-0.1, -0.05) is 6.07 Å². The van der Waals surface area contributed by atoms with Crippen LogP contribution < -0.4 is 4.74 Å². The van der Waals surface area contributed by atoms with E-state index in [4.69, 9.17) is 9.84 Å². The third kappa shape index (κ3) is 1.92. The number of hydrogen-bond donors (Lipinski definition) is 1. The molecule has 1 aromatic carbocycles. The summed E-state index contributed by atoms with van der Waals surface area (Å²) in [5.41, 5.74) is 1.10. The Morgan fingerprint density at radius 1 is 1.40 bits per heavy atom. The molecule has 15 heavy (non-hydrogen) atoms. The predicted octanol–water partition coefficient (Wildman–Crippen LogP) is 2.04. The average Bonchev–Trinajstić information content (AvgIpc) is 2.59. The molecule has 0 amide bonds. The van der Waals surface area contributed by atoms with Crippen LogP contribution in [0.1, 0.15) is 11.1 Å². The van der Waals surface area contributed by atoms with Gasteiger partial charge in [-0.05, 0) is 23.3 Å². The molecule has 1 N–H and O–H groups in total. The standard InChI is InChI=1S/C10H9F3O2/c11-10(12,13)9-4-7-3-6(5-14)1-2-8(7)15-9/h1-3,9,14H,4-5H2. The number of rotatable bonds is 1. The van der Waals surface area contributed by atoms with E-state index in [1.165, 1.54) is 6.07 Å². The highest BCUT2D eigenvalue weighted by Gasteiger charge is 2.45. The molecular formula is C10H9F3O2. The summed E-state index contributed by atoms with van der Waals surface area (Å²) in [5.74, 6) is 0.259. The smallest absolute Gasteiger partial charge is 0.425 e. The van der Waals surface area contributed by atoms with Gasteiger partial charge in [-0.15, -0.1) is 0 Å². The Morgan fingerprint density at radius 3 is 2.73 bits per heavy atom. The molecule has 0 fully saturated rings. The first-order valence-corrected chi connectivity index (χ1v) is 4.47. The molecule has 1 unspecified atom stereocenters. The van der Waals surface area contributed by atoms with Crippen LogP contribution in [-0.4, -0.2) is 17.4 Å². The highest BCUT2D eigenvalue weighted by molar-refractivity contribution is 5.40. The van der Waals surface area contributed by atoms with Crippen LogP contribution in [0.25, 0.3) is 0 Å². The van der Waals surface area contributed by atoms with Crippen molar-refractivity contribution >= 4 is 0 Å². The van der Waals surface area contributed by atoms with E-state index in [1.807, 2.05) is 0 Å². The van der Waals surface area contributed by atoms with E-state index in [0.29, 0.717) is 11.1 Å². The summed E-state index contributed by atoms with van der Waals surface area (Å²) in [6.07, 6.45) is -6.26. The number of benzene rings is 1. The molecule has 0 saturated heterocycles. The molecule has 2 nitrogen and oxygen atoms in total. The minimum absolute atomic E-state index is 0.174. The number of ether oxygens (including phenoxy) is 1. The van der Waals surface area contributed by atoms with E-state index in [9.17, 15) is 13.2 Å². The first-order chi connectivity index (χ1) is 7.00. The highest BCUT2D eigenvalue weighted by Crippen LogP contribution is 2.36. The fourth-order valence-corrected chi connectivity index (χ4v) is 1.58. The second-order valence-electron chi connectivity index (χ2n) is 3.45. The number of alkyl halides is 3. The number of aliphatic hydroxyl groups is 1. The van der Waals surface area contributed by atoms with Gasteiger partial charge in [0.15, 0.2) is 6.10 Å². The first-order valence-electron chi connectivity index (χ1n) is 4.47. The lowest BCUT2D eigenvalue weighted by atomic mass is 10.1. The van der Waals surface area contributed by atoms with Crippen LogP contribution in [-0.2, 0) is 13.0 Å². The van der Waals surface area contributed by atoms with Crippen LogP contribution in [0, 0.1) is 0 Å². The van der Waals surface area contributed by atoms with Gasteiger partial charge in [0.25, 0.3) is 0 Å². The Morgan fingerprint density at radius 2 is 2.13 bits per heavy atom. The lowest BCUT2D eigenvalue weighted by Gasteiger charge is -2.13. The zero-order valence-electron chi connectivity index (χ0n) is 7.71. The van der Waals surface area contributed by atoms with Crippen LogP contribution in [0.3, 0.4) is 0 Å². The summed E-state index contributed by atoms with van der Waals surface area (Å²) in [6.45, 7) is -0.177. The Hall–Kier alpha value is -1.23. The molecule has 0 spiro atoms. The molecule has 0 aliphatic carbocycles. The van der Waals surface area contributed by atoms with Crippen molar-refractivity contribution in [2.75, 3.05) is 0 Å². The Bertz CT molecular complexity index is 373. The second kappa shape index (κ2) is 3.41. The van der Waals surface area contributed by atoms with Gasteiger partial charge in [-0.3, -0.25) is 0 Å². The molecule has 1 aliphatic heterocycles. The Balaban J connectivity index is 2.24. The van der Waals surface area contributed by atoms with Crippen molar-refractivity contribution in [1.29, 1.82) is 0 Å². The fraction of sp³-hybridized carbons (Fsp3) is 0.400. The average molecular weight is 218 g/mol. The van der Waals surface area contributed by atoms with E-state index in [-0.39, 0.29) is 18.8 Å². The third-order valence-corrected chi connectivity index (χ3v) is 2.35. The maximum Gasteiger partial charge on any atom is 0.425 e. The van der Waals surface area contributed by atoms with Crippen LogP contribution in [0.5, 0.6) is 5.75 Å². The lowest BCUT2D eigenvalue weighted by Crippen LogP contribution is -2.32. The first kappa shape index (κ1) is 10.3. The van der Waals surface area contributed by atoms with Gasteiger partial charge < -0.3 is 9.84 Å². The van der Waals surface area contributed by atoms with Gasteiger partial charge in [-0.25, -0.2) is 0 Å². The summed E-state index contributed by atoms with van der Waals surface area (Å²) in [6, 6.07) is 4.56. The van der Waals surface area contributed by atoms with Gasteiger partial charge >= 0.3 is 6.18 Å². The van der Waals surface area contributed by atoms with Gasteiger partial charge in [0.2, 0.25) is 0 Å². The maximum atomic E-state index is 12.3. The van der Waals surface area contributed by atoms with E-state index in [2.05, 4.69) is 0 Å². The van der Waals surface area contributed by atoms with Crippen LogP contribution in [0.2, 0.25) is 0 Å². The van der Waals surface area contributed by atoms with E-state index < -0.39 is 12.3 Å². The SMILES string of the molecule is OCc1ccc2c(c1)CC(C(F)(F)F)O2. The normalized spacial score (nSPS) is 19.9. The fourth-order valence-electron chi connectivity index (χ4n) is 1.58. The van der Waals surface area contributed by atoms with Crippen molar-refractivity contribution < 1.29 is 23.0 Å². The van der Waals surface area contributed by atoms with Crippen molar-refractivity contribution in [3.8, 4) is 5.75 Å². The molecule has 1 aliphatic rings. The number of halogens is 3. The quantitative estimate of drug-likeness (QED) is 0.781.